The molecule has 0 unspecified atom stereocenters. The zero-order valence-electron chi connectivity index (χ0n) is 13.2. The first-order valence-electron chi connectivity index (χ1n) is 7.38. The van der Waals surface area contributed by atoms with Crippen molar-refractivity contribution in [3.63, 3.8) is 0 Å². The topological polar surface area (TPSA) is 47.3 Å². The molecule has 1 aromatic heterocycles. The highest BCUT2D eigenvalue weighted by Gasteiger charge is 2.18. The van der Waals surface area contributed by atoms with E-state index < -0.39 is 0 Å². The second-order valence-corrected chi connectivity index (χ2v) is 6.57. The zero-order valence-corrected chi connectivity index (χ0v) is 14.7. The van der Waals surface area contributed by atoms with Crippen LogP contribution in [0.3, 0.4) is 0 Å². The number of halogens is 2. The Balaban J connectivity index is 2.05. The van der Waals surface area contributed by atoms with Gasteiger partial charge in [-0.05, 0) is 55.3 Å². The fraction of sp³-hybridized carbons (Fsp3) is 0.158. The number of ketones is 1. The summed E-state index contributed by atoms with van der Waals surface area (Å²) in [6, 6.07) is 10.1. The maximum atomic E-state index is 12.6. The lowest BCUT2D eigenvalue weighted by molar-refractivity contribution is 0.0965. The zero-order chi connectivity index (χ0) is 17.4. The molecule has 3 aromatic rings. The van der Waals surface area contributed by atoms with Crippen LogP contribution in [-0.4, -0.2) is 5.78 Å². The van der Waals surface area contributed by atoms with Gasteiger partial charge in [-0.3, -0.25) is 9.59 Å². The molecular weight excluding hydrogens is 347 g/mol. The van der Waals surface area contributed by atoms with Gasteiger partial charge in [-0.25, -0.2) is 0 Å². The molecule has 0 amide bonds. The van der Waals surface area contributed by atoms with Crippen molar-refractivity contribution in [1.29, 1.82) is 0 Å². The minimum Gasteiger partial charge on any atom is -0.452 e. The number of hydrogen-bond acceptors (Lipinski definition) is 3. The molecule has 122 valence electrons. The lowest BCUT2D eigenvalue weighted by Gasteiger charge is -2.08. The maximum absolute atomic E-state index is 12.6. The predicted molar refractivity (Wildman–Crippen MR) is 96.5 cm³/mol. The average molecular weight is 361 g/mol. The van der Waals surface area contributed by atoms with Crippen molar-refractivity contribution in [3.8, 4) is 0 Å². The van der Waals surface area contributed by atoms with Crippen molar-refractivity contribution in [2.45, 2.75) is 20.3 Å². The van der Waals surface area contributed by atoms with E-state index in [1.165, 1.54) is 0 Å². The Labute approximate surface area is 148 Å². The summed E-state index contributed by atoms with van der Waals surface area (Å²) in [5, 5.41) is 1.44. The first kappa shape index (κ1) is 16.7. The summed E-state index contributed by atoms with van der Waals surface area (Å²) in [5.41, 5.74) is 2.17. The van der Waals surface area contributed by atoms with Crippen molar-refractivity contribution in [2.75, 3.05) is 0 Å². The van der Waals surface area contributed by atoms with Crippen LogP contribution in [0.2, 0.25) is 10.0 Å². The molecule has 0 saturated carbocycles. The van der Waals surface area contributed by atoms with Crippen LogP contribution in [0.15, 0.2) is 45.6 Å². The number of Topliss-reactive ketones (excluding diaryl/α,β-unsaturated/α-hetero) is 1. The molecule has 3 rings (SSSR count). The van der Waals surface area contributed by atoms with Gasteiger partial charge < -0.3 is 4.42 Å². The predicted octanol–water partition coefficient (Wildman–Crippen LogP) is 5.14. The molecule has 3 nitrogen and oxygen atoms in total. The van der Waals surface area contributed by atoms with Gasteiger partial charge in [0.2, 0.25) is 5.78 Å². The third-order valence-electron chi connectivity index (χ3n) is 3.99. The summed E-state index contributed by atoms with van der Waals surface area (Å²) in [4.78, 5) is 25.1. The van der Waals surface area contributed by atoms with E-state index >= 15 is 0 Å². The van der Waals surface area contributed by atoms with E-state index in [4.69, 9.17) is 27.6 Å². The Morgan fingerprint density at radius 2 is 1.71 bits per heavy atom. The van der Waals surface area contributed by atoms with Crippen LogP contribution in [0, 0.1) is 13.8 Å². The summed E-state index contributed by atoms with van der Waals surface area (Å²) in [6.07, 6.45) is 0.145. The normalized spacial score (nSPS) is 11.0. The minimum atomic E-state index is -0.244. The van der Waals surface area contributed by atoms with Gasteiger partial charge in [-0.2, -0.15) is 0 Å². The van der Waals surface area contributed by atoms with Crippen LogP contribution in [0.4, 0.5) is 0 Å². The third-order valence-corrected chi connectivity index (χ3v) is 4.46. The van der Waals surface area contributed by atoms with Crippen LogP contribution in [0.1, 0.15) is 27.2 Å². The van der Waals surface area contributed by atoms with E-state index in [1.54, 1.807) is 37.3 Å². The monoisotopic (exact) mass is 360 g/mol. The Morgan fingerprint density at radius 1 is 1.04 bits per heavy atom. The lowest BCUT2D eigenvalue weighted by atomic mass is 10.0. The van der Waals surface area contributed by atoms with Crippen LogP contribution in [0.25, 0.3) is 11.0 Å². The van der Waals surface area contributed by atoms with Crippen molar-refractivity contribution in [1.82, 2.24) is 0 Å². The van der Waals surface area contributed by atoms with Gasteiger partial charge in [0.1, 0.15) is 5.58 Å². The largest absolute Gasteiger partial charge is 0.452 e. The highest BCUT2D eigenvalue weighted by molar-refractivity contribution is 6.31. The quantitative estimate of drug-likeness (QED) is 0.607. The number of benzene rings is 2. The molecule has 0 radical (unpaired) electrons. The molecule has 0 aliphatic heterocycles. The van der Waals surface area contributed by atoms with E-state index in [1.807, 2.05) is 13.0 Å². The van der Waals surface area contributed by atoms with Crippen LogP contribution >= 0.6 is 23.2 Å². The summed E-state index contributed by atoms with van der Waals surface area (Å²) in [5.74, 6) is -0.156. The molecule has 2 aromatic carbocycles. The molecule has 1 heterocycles. The van der Waals surface area contributed by atoms with Gasteiger partial charge in [0.25, 0.3) is 0 Å². The molecule has 0 spiro atoms. The third kappa shape index (κ3) is 3.10. The Kier molecular flexibility index (Phi) is 4.48. The van der Waals surface area contributed by atoms with Gasteiger partial charge in [-0.1, -0.05) is 29.3 Å². The number of carbonyl (C=O) groups is 1. The number of rotatable bonds is 3. The molecule has 0 bridgehead atoms. The minimum absolute atomic E-state index is 0.0872. The molecule has 0 saturated heterocycles. The number of hydrogen-bond donors (Lipinski definition) is 0. The fourth-order valence-corrected chi connectivity index (χ4v) is 3.04. The van der Waals surface area contributed by atoms with E-state index in [2.05, 4.69) is 0 Å². The molecular formula is C19H14Cl2O3. The Hall–Kier alpha value is -2.10. The highest BCUT2D eigenvalue weighted by Crippen LogP contribution is 2.22. The van der Waals surface area contributed by atoms with Crippen molar-refractivity contribution in [3.05, 3.63) is 79.1 Å². The average Bonchev–Trinajstić information content (AvgIpc) is 2.54. The van der Waals surface area contributed by atoms with Crippen molar-refractivity contribution >= 4 is 40.0 Å². The van der Waals surface area contributed by atoms with E-state index in [-0.39, 0.29) is 23.4 Å². The summed E-state index contributed by atoms with van der Waals surface area (Å²) >= 11 is 11.9. The second kappa shape index (κ2) is 6.42. The summed E-state index contributed by atoms with van der Waals surface area (Å²) in [6.45, 7) is 3.48. The summed E-state index contributed by atoms with van der Waals surface area (Å²) in [7, 11) is 0. The smallest absolute Gasteiger partial charge is 0.202 e. The molecule has 0 atom stereocenters. The number of aryl methyl sites for hydroxylation is 1. The molecule has 5 heteroatoms. The second-order valence-electron chi connectivity index (χ2n) is 5.70. The highest BCUT2D eigenvalue weighted by atomic mass is 35.5. The Morgan fingerprint density at radius 3 is 2.42 bits per heavy atom. The molecule has 0 aliphatic rings. The van der Waals surface area contributed by atoms with Gasteiger partial charge in [0, 0.05) is 22.0 Å². The van der Waals surface area contributed by atoms with Gasteiger partial charge in [-0.15, -0.1) is 0 Å². The molecule has 24 heavy (non-hydrogen) atoms. The first-order chi connectivity index (χ1) is 11.4. The first-order valence-corrected chi connectivity index (χ1v) is 8.13. The van der Waals surface area contributed by atoms with Crippen molar-refractivity contribution < 1.29 is 9.21 Å². The van der Waals surface area contributed by atoms with Crippen LogP contribution in [0.5, 0.6) is 0 Å². The van der Waals surface area contributed by atoms with E-state index in [0.717, 1.165) is 11.1 Å². The Bertz CT molecular complexity index is 1020. The maximum Gasteiger partial charge on any atom is 0.202 e. The van der Waals surface area contributed by atoms with Crippen LogP contribution < -0.4 is 5.43 Å². The van der Waals surface area contributed by atoms with E-state index in [0.29, 0.717) is 26.6 Å². The number of fused-ring (bicyclic) bond motifs is 1. The van der Waals surface area contributed by atoms with Crippen molar-refractivity contribution in [2.24, 2.45) is 0 Å². The standard InChI is InChI=1S/C19H14Cl2O3/c1-10-7-13(20)4-3-12(10)8-16(22)19-11(2)18(23)15-9-14(21)5-6-17(15)24-19/h3-7,9H,8H2,1-2H3. The molecule has 0 N–H and O–H groups in total. The van der Waals surface area contributed by atoms with Gasteiger partial charge >= 0.3 is 0 Å². The lowest BCUT2D eigenvalue weighted by Crippen LogP contribution is -2.15. The van der Waals surface area contributed by atoms with E-state index in [9.17, 15) is 9.59 Å². The molecule has 0 fully saturated rings. The summed E-state index contributed by atoms with van der Waals surface area (Å²) < 4.78 is 5.69. The molecule has 0 aliphatic carbocycles. The van der Waals surface area contributed by atoms with Gasteiger partial charge in [0.05, 0.1) is 5.39 Å². The SMILES string of the molecule is Cc1cc(Cl)ccc1CC(=O)c1oc2ccc(Cl)cc2c(=O)c1C. The fourth-order valence-electron chi connectivity index (χ4n) is 2.64. The number of carbonyl (C=O) groups excluding carboxylic acids is 1. The van der Waals surface area contributed by atoms with Gasteiger partial charge in [0.15, 0.2) is 11.2 Å². The van der Waals surface area contributed by atoms with Crippen LogP contribution in [-0.2, 0) is 6.42 Å².